The van der Waals surface area contributed by atoms with E-state index in [0.29, 0.717) is 6.54 Å². The zero-order valence-corrected chi connectivity index (χ0v) is 21.0. The topological polar surface area (TPSA) is 41.3 Å². The van der Waals surface area contributed by atoms with Gasteiger partial charge in [0, 0.05) is 12.2 Å². The van der Waals surface area contributed by atoms with Crippen LogP contribution in [0.3, 0.4) is 0 Å². The second-order valence-corrected chi connectivity index (χ2v) is 9.72. The molecule has 3 heteroatoms. The highest BCUT2D eigenvalue weighted by Gasteiger charge is 2.33. The first-order valence-electron chi connectivity index (χ1n) is 12.8. The van der Waals surface area contributed by atoms with Gasteiger partial charge in [-0.05, 0) is 69.8 Å². The van der Waals surface area contributed by atoms with Crippen LogP contribution in [-0.4, -0.2) is 11.9 Å². The molecule has 0 saturated carbocycles. The monoisotopic (exact) mass is 481 g/mol. The van der Waals surface area contributed by atoms with Crippen LogP contribution in [0.25, 0.3) is 22.3 Å². The number of hydrogen-bond donors (Lipinski definition) is 2. The van der Waals surface area contributed by atoms with Crippen LogP contribution in [-0.2, 0) is 6.54 Å². The van der Waals surface area contributed by atoms with Crippen LogP contribution < -0.4 is 11.1 Å². The van der Waals surface area contributed by atoms with Gasteiger partial charge in [-0.3, -0.25) is 4.90 Å². The van der Waals surface area contributed by atoms with E-state index in [4.69, 9.17) is 5.73 Å². The molecule has 5 aromatic carbocycles. The molecule has 0 bridgehead atoms. The first-order chi connectivity index (χ1) is 18.2. The molecular weight excluding hydrogens is 450 g/mol. The second-order valence-electron chi connectivity index (χ2n) is 9.72. The lowest BCUT2D eigenvalue weighted by molar-refractivity contribution is 0.209. The van der Waals surface area contributed by atoms with Gasteiger partial charge < -0.3 is 11.1 Å². The minimum Gasteiger partial charge on any atom is -0.366 e. The molecule has 2 atom stereocenters. The van der Waals surface area contributed by atoms with Gasteiger partial charge >= 0.3 is 0 Å². The average Bonchev–Trinajstić information content (AvgIpc) is 2.97. The number of rotatable bonds is 5. The van der Waals surface area contributed by atoms with E-state index in [1.807, 2.05) is 0 Å². The number of nitrogens with zero attached hydrogens (tertiary/aromatic N) is 1. The lowest BCUT2D eigenvalue weighted by atomic mass is 9.90. The van der Waals surface area contributed by atoms with Crippen LogP contribution in [0, 0.1) is 0 Å². The van der Waals surface area contributed by atoms with Gasteiger partial charge in [0.05, 0.1) is 6.04 Å². The van der Waals surface area contributed by atoms with Crippen molar-refractivity contribution in [2.45, 2.75) is 18.8 Å². The highest BCUT2D eigenvalue weighted by Crippen LogP contribution is 2.43. The summed E-state index contributed by atoms with van der Waals surface area (Å²) in [5.41, 5.74) is 16.9. The molecule has 1 aliphatic heterocycles. The Balaban J connectivity index is 1.37. The fraction of sp³-hybridized carbons (Fsp3) is 0.118. The van der Waals surface area contributed by atoms with Crippen LogP contribution in [0.2, 0.25) is 0 Å². The first-order valence-corrected chi connectivity index (χ1v) is 12.8. The van der Waals surface area contributed by atoms with Crippen molar-refractivity contribution in [3.05, 3.63) is 150 Å². The minimum absolute atomic E-state index is 0.0336. The maximum atomic E-state index is 5.90. The maximum absolute atomic E-state index is 5.90. The summed E-state index contributed by atoms with van der Waals surface area (Å²) in [6.45, 7) is 0.544. The lowest BCUT2D eigenvalue weighted by Crippen LogP contribution is -2.38. The highest BCUT2D eigenvalue weighted by atomic mass is 15.3. The Labute approximate surface area is 219 Å². The summed E-state index contributed by atoms with van der Waals surface area (Å²) in [4.78, 5) is 2.44. The highest BCUT2D eigenvalue weighted by molar-refractivity contribution is 5.67. The number of nitrogens with one attached hydrogen (secondary N) is 1. The van der Waals surface area contributed by atoms with Crippen molar-refractivity contribution in [1.82, 2.24) is 4.90 Å². The molecule has 0 aliphatic carbocycles. The van der Waals surface area contributed by atoms with E-state index < -0.39 is 0 Å². The summed E-state index contributed by atoms with van der Waals surface area (Å²) in [6.07, 6.45) is 0.0336. The summed E-state index contributed by atoms with van der Waals surface area (Å²) in [7, 11) is 2.21. The van der Waals surface area contributed by atoms with Gasteiger partial charge in [0.15, 0.2) is 0 Å². The molecule has 0 saturated heterocycles. The van der Waals surface area contributed by atoms with Crippen molar-refractivity contribution in [2.75, 3.05) is 12.4 Å². The predicted molar refractivity (Wildman–Crippen MR) is 154 cm³/mol. The van der Waals surface area contributed by atoms with Crippen LogP contribution in [0.1, 0.15) is 34.5 Å². The van der Waals surface area contributed by atoms with Crippen molar-refractivity contribution >= 4 is 5.69 Å². The van der Waals surface area contributed by atoms with Crippen LogP contribution in [0.15, 0.2) is 127 Å². The van der Waals surface area contributed by atoms with Crippen molar-refractivity contribution in [3.63, 3.8) is 0 Å². The van der Waals surface area contributed by atoms with Crippen LogP contribution in [0.4, 0.5) is 5.69 Å². The van der Waals surface area contributed by atoms with Crippen molar-refractivity contribution in [2.24, 2.45) is 5.73 Å². The SMILES string of the molecule is CN1C(c2cccc(-c3cccc(CN)c3)c2)Nc2ccccc2C1c1ccc(-c2ccccc2)cc1. The Kier molecular flexibility index (Phi) is 6.32. The molecule has 0 radical (unpaired) electrons. The van der Waals surface area contributed by atoms with E-state index in [9.17, 15) is 0 Å². The normalized spacial score (nSPS) is 17.1. The Morgan fingerprint density at radius 1 is 0.622 bits per heavy atom. The van der Waals surface area contributed by atoms with Crippen LogP contribution in [0.5, 0.6) is 0 Å². The van der Waals surface area contributed by atoms with Gasteiger partial charge in [0.25, 0.3) is 0 Å². The molecule has 0 spiro atoms. The lowest BCUT2D eigenvalue weighted by Gasteiger charge is -2.42. The molecule has 0 amide bonds. The smallest absolute Gasteiger partial charge is 0.106 e. The van der Waals surface area contributed by atoms with E-state index in [1.165, 1.54) is 44.6 Å². The molecule has 1 heterocycles. The Hall–Kier alpha value is -4.18. The van der Waals surface area contributed by atoms with E-state index in [-0.39, 0.29) is 12.2 Å². The van der Waals surface area contributed by atoms with Crippen molar-refractivity contribution in [1.29, 1.82) is 0 Å². The third kappa shape index (κ3) is 4.55. The van der Waals surface area contributed by atoms with Gasteiger partial charge in [-0.2, -0.15) is 0 Å². The van der Waals surface area contributed by atoms with Gasteiger partial charge in [0.2, 0.25) is 0 Å². The molecule has 3 N–H and O–H groups in total. The number of benzene rings is 5. The predicted octanol–water partition coefficient (Wildman–Crippen LogP) is 7.62. The molecule has 1 aliphatic rings. The number of anilines is 1. The summed E-state index contributed by atoms with van der Waals surface area (Å²) >= 11 is 0. The molecule has 3 nitrogen and oxygen atoms in total. The summed E-state index contributed by atoms with van der Waals surface area (Å²) in [6, 6.07) is 45.7. The Morgan fingerprint density at radius 3 is 2.05 bits per heavy atom. The number of para-hydroxylation sites is 1. The van der Waals surface area contributed by atoms with Gasteiger partial charge in [0.1, 0.15) is 6.17 Å². The molecule has 2 unspecified atom stereocenters. The molecule has 0 fully saturated rings. The molecule has 6 rings (SSSR count). The molecule has 5 aromatic rings. The summed E-state index contributed by atoms with van der Waals surface area (Å²) in [5.74, 6) is 0. The number of fused-ring (bicyclic) bond motifs is 1. The van der Waals surface area contributed by atoms with E-state index in [2.05, 4.69) is 145 Å². The molecule has 182 valence electrons. The van der Waals surface area contributed by atoms with Crippen LogP contribution >= 0.6 is 0 Å². The average molecular weight is 482 g/mol. The fourth-order valence-corrected chi connectivity index (χ4v) is 5.47. The number of hydrogen-bond acceptors (Lipinski definition) is 3. The van der Waals surface area contributed by atoms with E-state index in [0.717, 1.165) is 5.56 Å². The van der Waals surface area contributed by atoms with Gasteiger partial charge in [-0.1, -0.05) is 109 Å². The zero-order valence-electron chi connectivity index (χ0n) is 21.0. The molecule has 37 heavy (non-hydrogen) atoms. The third-order valence-corrected chi connectivity index (χ3v) is 7.39. The quantitative estimate of drug-likeness (QED) is 0.271. The second kappa shape index (κ2) is 10.1. The molecule has 0 aromatic heterocycles. The minimum atomic E-state index is 0.0336. The zero-order chi connectivity index (χ0) is 25.2. The summed E-state index contributed by atoms with van der Waals surface area (Å²) < 4.78 is 0. The number of nitrogens with two attached hydrogens (primary N) is 1. The van der Waals surface area contributed by atoms with Gasteiger partial charge in [-0.25, -0.2) is 0 Å². The first kappa shape index (κ1) is 23.2. The maximum Gasteiger partial charge on any atom is 0.106 e. The van der Waals surface area contributed by atoms with Crippen molar-refractivity contribution < 1.29 is 0 Å². The van der Waals surface area contributed by atoms with E-state index in [1.54, 1.807) is 0 Å². The summed E-state index contributed by atoms with van der Waals surface area (Å²) in [5, 5.41) is 3.81. The standard InChI is InChI=1S/C34H31N3/c1-37-33(27-19-17-26(18-20-27)25-10-3-2-4-11-25)31-15-5-6-16-32(31)36-34(37)30-14-8-13-29(22-30)28-12-7-9-24(21-28)23-35/h2-22,33-34,36H,23,35H2,1H3. The Bertz CT molecular complexity index is 1510. The van der Waals surface area contributed by atoms with Crippen molar-refractivity contribution in [3.8, 4) is 22.3 Å². The fourth-order valence-electron chi connectivity index (χ4n) is 5.47. The van der Waals surface area contributed by atoms with Gasteiger partial charge in [-0.15, -0.1) is 0 Å². The largest absolute Gasteiger partial charge is 0.366 e. The Morgan fingerprint density at radius 2 is 1.27 bits per heavy atom. The third-order valence-electron chi connectivity index (χ3n) is 7.39. The van der Waals surface area contributed by atoms with E-state index >= 15 is 0 Å². The molecular formula is C34H31N3.